The SMILES string of the molecule is Cc1ccc(S(=O)(=O)Cc2ccc(F)cc2C)cc1. The highest BCUT2D eigenvalue weighted by atomic mass is 32.2. The topological polar surface area (TPSA) is 34.1 Å². The second-order valence-corrected chi connectivity index (χ2v) is 6.63. The van der Waals surface area contributed by atoms with Gasteiger partial charge in [0, 0.05) is 0 Å². The highest BCUT2D eigenvalue weighted by molar-refractivity contribution is 7.90. The fraction of sp³-hybridized carbons (Fsp3) is 0.200. The molecule has 2 aromatic carbocycles. The Hall–Kier alpha value is -1.68. The molecule has 100 valence electrons. The standard InChI is InChI=1S/C15H15FO2S/c1-11-3-7-15(8-4-11)19(17,18)10-13-5-6-14(16)9-12(13)2/h3-9H,10H2,1-2H3. The van der Waals surface area contributed by atoms with Crippen LogP contribution in [-0.4, -0.2) is 8.42 Å². The molecule has 0 unspecified atom stereocenters. The second kappa shape index (κ2) is 5.13. The van der Waals surface area contributed by atoms with E-state index in [1.807, 2.05) is 6.92 Å². The van der Waals surface area contributed by atoms with E-state index in [0.29, 0.717) is 16.0 Å². The zero-order valence-corrected chi connectivity index (χ0v) is 11.7. The van der Waals surface area contributed by atoms with Gasteiger partial charge >= 0.3 is 0 Å². The molecule has 2 nitrogen and oxygen atoms in total. The smallest absolute Gasteiger partial charge is 0.182 e. The van der Waals surface area contributed by atoms with Crippen molar-refractivity contribution in [1.82, 2.24) is 0 Å². The lowest BCUT2D eigenvalue weighted by atomic mass is 10.1. The van der Waals surface area contributed by atoms with Crippen LogP contribution in [0.5, 0.6) is 0 Å². The van der Waals surface area contributed by atoms with Crippen molar-refractivity contribution >= 4 is 9.84 Å². The van der Waals surface area contributed by atoms with Crippen LogP contribution in [0.15, 0.2) is 47.4 Å². The van der Waals surface area contributed by atoms with Crippen molar-refractivity contribution in [2.75, 3.05) is 0 Å². The van der Waals surface area contributed by atoms with Crippen LogP contribution in [0.25, 0.3) is 0 Å². The molecule has 2 rings (SSSR count). The molecule has 0 aliphatic rings. The summed E-state index contributed by atoms with van der Waals surface area (Å²) in [6, 6.07) is 10.9. The Balaban J connectivity index is 2.33. The number of sulfone groups is 1. The number of hydrogen-bond acceptors (Lipinski definition) is 2. The first-order valence-corrected chi connectivity index (χ1v) is 7.58. The molecule has 0 fully saturated rings. The van der Waals surface area contributed by atoms with Gasteiger partial charge in [0.2, 0.25) is 0 Å². The lowest BCUT2D eigenvalue weighted by molar-refractivity contribution is 0.594. The van der Waals surface area contributed by atoms with Crippen molar-refractivity contribution in [3.05, 3.63) is 65.0 Å². The van der Waals surface area contributed by atoms with E-state index in [1.54, 1.807) is 31.2 Å². The van der Waals surface area contributed by atoms with E-state index in [1.165, 1.54) is 18.2 Å². The fourth-order valence-electron chi connectivity index (χ4n) is 1.85. The lowest BCUT2D eigenvalue weighted by Gasteiger charge is -2.08. The van der Waals surface area contributed by atoms with Gasteiger partial charge in [-0.2, -0.15) is 0 Å². The first-order valence-electron chi connectivity index (χ1n) is 5.93. The number of hydrogen-bond donors (Lipinski definition) is 0. The zero-order valence-electron chi connectivity index (χ0n) is 10.9. The minimum absolute atomic E-state index is 0.109. The van der Waals surface area contributed by atoms with Gasteiger partial charge in [0.25, 0.3) is 0 Å². The predicted molar refractivity (Wildman–Crippen MR) is 73.2 cm³/mol. The van der Waals surface area contributed by atoms with Gasteiger partial charge in [-0.05, 0) is 49.2 Å². The van der Waals surface area contributed by atoms with E-state index in [4.69, 9.17) is 0 Å². The molecule has 0 radical (unpaired) electrons. The van der Waals surface area contributed by atoms with Gasteiger partial charge in [-0.15, -0.1) is 0 Å². The van der Waals surface area contributed by atoms with Crippen molar-refractivity contribution in [2.45, 2.75) is 24.5 Å². The van der Waals surface area contributed by atoms with Gasteiger partial charge in [0.15, 0.2) is 9.84 Å². The summed E-state index contributed by atoms with van der Waals surface area (Å²) in [5, 5.41) is 0. The highest BCUT2D eigenvalue weighted by Gasteiger charge is 2.16. The van der Waals surface area contributed by atoms with E-state index >= 15 is 0 Å². The van der Waals surface area contributed by atoms with Crippen LogP contribution < -0.4 is 0 Å². The summed E-state index contributed by atoms with van der Waals surface area (Å²) in [5.74, 6) is -0.462. The molecular formula is C15H15FO2S. The largest absolute Gasteiger partial charge is 0.223 e. The minimum atomic E-state index is -3.39. The summed E-state index contributed by atoms with van der Waals surface area (Å²) in [5.41, 5.74) is 2.29. The molecule has 19 heavy (non-hydrogen) atoms. The average molecular weight is 278 g/mol. The van der Waals surface area contributed by atoms with Crippen molar-refractivity contribution in [2.24, 2.45) is 0 Å². The first kappa shape index (κ1) is 13.7. The number of aryl methyl sites for hydroxylation is 2. The van der Waals surface area contributed by atoms with Gasteiger partial charge in [-0.3, -0.25) is 0 Å². The summed E-state index contributed by atoms with van der Waals surface area (Å²) in [6.07, 6.45) is 0. The molecule has 4 heteroatoms. The molecule has 2 aromatic rings. The molecule has 0 spiro atoms. The molecule has 0 aromatic heterocycles. The van der Waals surface area contributed by atoms with E-state index in [9.17, 15) is 12.8 Å². The van der Waals surface area contributed by atoms with Crippen molar-refractivity contribution < 1.29 is 12.8 Å². The third kappa shape index (κ3) is 3.20. The molecular weight excluding hydrogens is 263 g/mol. The van der Waals surface area contributed by atoms with E-state index in [0.717, 1.165) is 5.56 Å². The van der Waals surface area contributed by atoms with Crippen molar-refractivity contribution in [1.29, 1.82) is 0 Å². The van der Waals surface area contributed by atoms with Crippen LogP contribution in [0.3, 0.4) is 0 Å². The Morgan fingerprint density at radius 3 is 2.21 bits per heavy atom. The molecule has 0 N–H and O–H groups in total. The quantitative estimate of drug-likeness (QED) is 0.862. The monoisotopic (exact) mass is 278 g/mol. The summed E-state index contributed by atoms with van der Waals surface area (Å²) >= 11 is 0. The summed E-state index contributed by atoms with van der Waals surface area (Å²) in [7, 11) is -3.39. The molecule has 0 atom stereocenters. The highest BCUT2D eigenvalue weighted by Crippen LogP contribution is 2.19. The summed E-state index contributed by atoms with van der Waals surface area (Å²) in [4.78, 5) is 0.293. The van der Waals surface area contributed by atoms with Gasteiger partial charge in [-0.25, -0.2) is 12.8 Å². The molecule has 0 heterocycles. The molecule has 0 saturated carbocycles. The fourth-order valence-corrected chi connectivity index (χ4v) is 3.31. The van der Waals surface area contributed by atoms with Gasteiger partial charge < -0.3 is 0 Å². The molecule has 0 aliphatic heterocycles. The maximum Gasteiger partial charge on any atom is 0.182 e. The number of halogens is 1. The normalized spacial score (nSPS) is 11.5. The Morgan fingerprint density at radius 2 is 1.63 bits per heavy atom. The predicted octanol–water partition coefficient (Wildman–Crippen LogP) is 3.42. The van der Waals surface area contributed by atoms with Gasteiger partial charge in [0.05, 0.1) is 10.6 Å². The average Bonchev–Trinajstić information content (AvgIpc) is 2.33. The van der Waals surface area contributed by atoms with Gasteiger partial charge in [-0.1, -0.05) is 23.8 Å². The Labute approximate surface area is 112 Å². The van der Waals surface area contributed by atoms with Crippen LogP contribution in [0.1, 0.15) is 16.7 Å². The van der Waals surface area contributed by atoms with Crippen LogP contribution in [-0.2, 0) is 15.6 Å². The number of benzene rings is 2. The number of rotatable bonds is 3. The summed E-state index contributed by atoms with van der Waals surface area (Å²) < 4.78 is 37.5. The molecule has 0 bridgehead atoms. The summed E-state index contributed by atoms with van der Waals surface area (Å²) in [6.45, 7) is 3.61. The second-order valence-electron chi connectivity index (χ2n) is 4.64. The van der Waals surface area contributed by atoms with Crippen LogP contribution in [0.2, 0.25) is 0 Å². The van der Waals surface area contributed by atoms with Crippen LogP contribution in [0.4, 0.5) is 4.39 Å². The zero-order chi connectivity index (χ0) is 14.0. The maximum atomic E-state index is 13.0. The van der Waals surface area contributed by atoms with E-state index < -0.39 is 9.84 Å². The van der Waals surface area contributed by atoms with Crippen LogP contribution in [0, 0.1) is 19.7 Å². The third-order valence-corrected chi connectivity index (χ3v) is 4.71. The van der Waals surface area contributed by atoms with E-state index in [2.05, 4.69) is 0 Å². The lowest BCUT2D eigenvalue weighted by Crippen LogP contribution is -2.06. The first-order chi connectivity index (χ1) is 8.88. The molecule has 0 amide bonds. The molecule has 0 saturated heterocycles. The van der Waals surface area contributed by atoms with E-state index in [-0.39, 0.29) is 11.6 Å². The Bertz CT molecular complexity index is 689. The maximum absolute atomic E-state index is 13.0. The Kier molecular flexibility index (Phi) is 3.71. The van der Waals surface area contributed by atoms with Crippen LogP contribution >= 0.6 is 0 Å². The minimum Gasteiger partial charge on any atom is -0.223 e. The Morgan fingerprint density at radius 1 is 1.00 bits per heavy atom. The molecule has 0 aliphatic carbocycles. The third-order valence-electron chi connectivity index (χ3n) is 3.03. The van der Waals surface area contributed by atoms with Crippen molar-refractivity contribution in [3.8, 4) is 0 Å². The van der Waals surface area contributed by atoms with Gasteiger partial charge in [0.1, 0.15) is 5.82 Å². The van der Waals surface area contributed by atoms with Crippen molar-refractivity contribution in [3.63, 3.8) is 0 Å².